The Hall–Kier alpha value is -3.80. The summed E-state index contributed by atoms with van der Waals surface area (Å²) in [7, 11) is 0. The van der Waals surface area contributed by atoms with Crippen LogP contribution in [0.5, 0.6) is 0 Å². The van der Waals surface area contributed by atoms with Crippen molar-refractivity contribution < 1.29 is 0 Å². The molecule has 5 aromatic rings. The molecule has 0 spiro atoms. The van der Waals surface area contributed by atoms with Crippen LogP contribution in [0.4, 0.5) is 0 Å². The summed E-state index contributed by atoms with van der Waals surface area (Å²) in [5, 5.41) is 14.1. The summed E-state index contributed by atoms with van der Waals surface area (Å²) in [6, 6.07) is 19.0. The lowest BCUT2D eigenvalue weighted by molar-refractivity contribution is 0.881. The first kappa shape index (κ1) is 16.4. The Morgan fingerprint density at radius 2 is 1.50 bits per heavy atom. The Morgan fingerprint density at radius 1 is 0.750 bits per heavy atom. The molecule has 0 bridgehead atoms. The Morgan fingerprint density at radius 3 is 2.25 bits per heavy atom. The van der Waals surface area contributed by atoms with Gasteiger partial charge in [0.2, 0.25) is 5.82 Å². The number of aromatic nitrogens is 6. The highest BCUT2D eigenvalue weighted by atomic mass is 15.5. The minimum Gasteiger partial charge on any atom is -0.306 e. The smallest absolute Gasteiger partial charge is 0.206 e. The molecule has 0 fully saturated rings. The average Bonchev–Trinajstić information content (AvgIpc) is 3.39. The van der Waals surface area contributed by atoms with Crippen molar-refractivity contribution in [1.82, 2.24) is 30.0 Å². The quantitative estimate of drug-likeness (QED) is 0.511. The van der Waals surface area contributed by atoms with Crippen molar-refractivity contribution in [3.63, 3.8) is 0 Å². The van der Waals surface area contributed by atoms with Gasteiger partial charge in [-0.05, 0) is 53.4 Å². The molecule has 0 atom stereocenters. The predicted molar refractivity (Wildman–Crippen MR) is 109 cm³/mol. The standard InChI is InChI=1S/C22H18N6/c1-14-3-4-18(11-15(14)2)16-5-7-17(8-6-16)20-13-28-12-19(9-10-21(28)23-20)22-24-26-27-25-22/h3-13H,1-2H3,(H,24,25,26,27). The largest absolute Gasteiger partial charge is 0.306 e. The highest BCUT2D eigenvalue weighted by Gasteiger charge is 2.08. The number of hydrogen-bond donors (Lipinski definition) is 1. The highest BCUT2D eigenvalue weighted by Crippen LogP contribution is 2.26. The van der Waals surface area contributed by atoms with Crippen LogP contribution in [-0.4, -0.2) is 30.0 Å². The highest BCUT2D eigenvalue weighted by molar-refractivity contribution is 5.71. The Balaban J connectivity index is 1.48. The number of nitrogens with zero attached hydrogens (tertiary/aromatic N) is 5. The second kappa shape index (κ2) is 6.42. The fourth-order valence-corrected chi connectivity index (χ4v) is 3.30. The van der Waals surface area contributed by atoms with Gasteiger partial charge in [0.05, 0.1) is 5.69 Å². The van der Waals surface area contributed by atoms with E-state index in [4.69, 9.17) is 4.98 Å². The van der Waals surface area contributed by atoms with Gasteiger partial charge in [-0.2, -0.15) is 5.21 Å². The molecule has 28 heavy (non-hydrogen) atoms. The number of aromatic amines is 1. The maximum Gasteiger partial charge on any atom is 0.206 e. The number of imidazole rings is 1. The molecule has 136 valence electrons. The second-order valence-corrected chi connectivity index (χ2v) is 6.92. The lowest BCUT2D eigenvalue weighted by atomic mass is 9.99. The van der Waals surface area contributed by atoms with Crippen molar-refractivity contribution in [2.75, 3.05) is 0 Å². The normalized spacial score (nSPS) is 11.2. The van der Waals surface area contributed by atoms with Crippen molar-refractivity contribution in [2.45, 2.75) is 13.8 Å². The maximum atomic E-state index is 4.73. The molecule has 6 heteroatoms. The molecule has 3 heterocycles. The first-order valence-corrected chi connectivity index (χ1v) is 9.08. The SMILES string of the molecule is Cc1ccc(-c2ccc(-c3cn4cc(-c5nn[nH]n5)ccc4n3)cc2)cc1C. The summed E-state index contributed by atoms with van der Waals surface area (Å²) in [6.07, 6.45) is 3.98. The van der Waals surface area contributed by atoms with Gasteiger partial charge in [-0.15, -0.1) is 10.2 Å². The maximum absolute atomic E-state index is 4.73. The van der Waals surface area contributed by atoms with Crippen LogP contribution in [0.1, 0.15) is 11.1 Å². The number of H-pyrrole nitrogens is 1. The molecule has 0 radical (unpaired) electrons. The van der Waals surface area contributed by atoms with Gasteiger partial charge in [0.25, 0.3) is 0 Å². The van der Waals surface area contributed by atoms with Crippen LogP contribution in [0, 0.1) is 13.8 Å². The number of aryl methyl sites for hydroxylation is 2. The van der Waals surface area contributed by atoms with E-state index >= 15 is 0 Å². The van der Waals surface area contributed by atoms with E-state index in [1.807, 2.05) is 28.9 Å². The van der Waals surface area contributed by atoms with Crippen LogP contribution in [-0.2, 0) is 0 Å². The van der Waals surface area contributed by atoms with Crippen LogP contribution in [0.15, 0.2) is 67.0 Å². The van der Waals surface area contributed by atoms with E-state index in [0.29, 0.717) is 5.82 Å². The molecule has 0 aliphatic rings. The van der Waals surface area contributed by atoms with Crippen molar-refractivity contribution >= 4 is 5.65 Å². The Labute approximate surface area is 161 Å². The van der Waals surface area contributed by atoms with Gasteiger partial charge in [0.15, 0.2) is 0 Å². The second-order valence-electron chi connectivity index (χ2n) is 6.92. The summed E-state index contributed by atoms with van der Waals surface area (Å²) in [4.78, 5) is 4.73. The Kier molecular flexibility index (Phi) is 3.76. The number of benzene rings is 2. The summed E-state index contributed by atoms with van der Waals surface area (Å²) >= 11 is 0. The Bertz CT molecular complexity index is 1270. The number of rotatable bonds is 3. The monoisotopic (exact) mass is 366 g/mol. The zero-order chi connectivity index (χ0) is 19.1. The molecule has 6 nitrogen and oxygen atoms in total. The van der Waals surface area contributed by atoms with Crippen molar-refractivity contribution in [2.24, 2.45) is 0 Å². The van der Waals surface area contributed by atoms with Crippen molar-refractivity contribution in [3.8, 4) is 33.8 Å². The number of tetrazole rings is 1. The first-order chi connectivity index (χ1) is 13.7. The molecule has 2 aromatic carbocycles. The van der Waals surface area contributed by atoms with E-state index in [9.17, 15) is 0 Å². The molecular weight excluding hydrogens is 348 g/mol. The minimum absolute atomic E-state index is 0.565. The molecule has 0 saturated heterocycles. The van der Waals surface area contributed by atoms with Gasteiger partial charge in [-0.3, -0.25) is 0 Å². The van der Waals surface area contributed by atoms with Crippen LogP contribution in [0.25, 0.3) is 39.4 Å². The third-order valence-corrected chi connectivity index (χ3v) is 5.08. The van der Waals surface area contributed by atoms with Gasteiger partial charge in [0.1, 0.15) is 5.65 Å². The molecule has 3 aromatic heterocycles. The van der Waals surface area contributed by atoms with Crippen LogP contribution in [0.2, 0.25) is 0 Å². The van der Waals surface area contributed by atoms with Crippen LogP contribution < -0.4 is 0 Å². The summed E-state index contributed by atoms with van der Waals surface area (Å²) < 4.78 is 1.98. The zero-order valence-corrected chi connectivity index (χ0v) is 15.6. The van der Waals surface area contributed by atoms with Gasteiger partial charge >= 0.3 is 0 Å². The molecule has 0 unspecified atom stereocenters. The first-order valence-electron chi connectivity index (χ1n) is 9.08. The lowest BCUT2D eigenvalue weighted by Crippen LogP contribution is -1.87. The van der Waals surface area contributed by atoms with E-state index < -0.39 is 0 Å². The molecule has 0 saturated carbocycles. The summed E-state index contributed by atoms with van der Waals surface area (Å²) in [5.41, 5.74) is 8.82. The van der Waals surface area contributed by atoms with Gasteiger partial charge in [0, 0.05) is 23.5 Å². The third-order valence-electron chi connectivity index (χ3n) is 5.08. The van der Waals surface area contributed by atoms with E-state index in [1.54, 1.807) is 0 Å². The van der Waals surface area contributed by atoms with E-state index in [1.165, 1.54) is 22.3 Å². The number of fused-ring (bicyclic) bond motifs is 1. The third kappa shape index (κ3) is 2.85. The number of nitrogens with one attached hydrogen (secondary N) is 1. The van der Waals surface area contributed by atoms with E-state index in [2.05, 4.69) is 76.9 Å². The van der Waals surface area contributed by atoms with Crippen LogP contribution in [0.3, 0.4) is 0 Å². The molecular formula is C22H18N6. The summed E-state index contributed by atoms with van der Waals surface area (Å²) in [5.74, 6) is 0.565. The minimum atomic E-state index is 0.565. The molecule has 0 aliphatic heterocycles. The molecule has 0 aliphatic carbocycles. The number of pyridine rings is 1. The fourth-order valence-electron chi connectivity index (χ4n) is 3.30. The summed E-state index contributed by atoms with van der Waals surface area (Å²) in [6.45, 7) is 4.28. The van der Waals surface area contributed by atoms with Gasteiger partial charge in [-0.1, -0.05) is 42.5 Å². The van der Waals surface area contributed by atoms with Crippen LogP contribution >= 0.6 is 0 Å². The van der Waals surface area contributed by atoms with Gasteiger partial charge < -0.3 is 4.40 Å². The van der Waals surface area contributed by atoms with Crippen molar-refractivity contribution in [1.29, 1.82) is 0 Å². The van der Waals surface area contributed by atoms with Crippen molar-refractivity contribution in [3.05, 3.63) is 78.1 Å². The van der Waals surface area contributed by atoms with E-state index in [-0.39, 0.29) is 0 Å². The van der Waals surface area contributed by atoms with E-state index in [0.717, 1.165) is 22.5 Å². The average molecular weight is 366 g/mol. The number of hydrogen-bond acceptors (Lipinski definition) is 4. The topological polar surface area (TPSA) is 71.8 Å². The predicted octanol–water partition coefficient (Wildman–Crippen LogP) is 4.47. The lowest BCUT2D eigenvalue weighted by Gasteiger charge is -2.06. The molecule has 5 rings (SSSR count). The molecule has 0 amide bonds. The zero-order valence-electron chi connectivity index (χ0n) is 15.6. The fraction of sp³-hybridized carbons (Fsp3) is 0.0909. The molecule has 1 N–H and O–H groups in total. The van der Waals surface area contributed by atoms with Gasteiger partial charge in [-0.25, -0.2) is 4.98 Å².